The molecule has 5 nitrogen and oxygen atoms in total. The van der Waals surface area contributed by atoms with Crippen LogP contribution in [0.25, 0.3) is 0 Å². The Labute approximate surface area is 159 Å². The number of aryl methyl sites for hydroxylation is 1. The lowest BCUT2D eigenvalue weighted by Crippen LogP contribution is -2.36. The normalized spacial score (nSPS) is 15.6. The molecule has 1 aliphatic carbocycles. The van der Waals surface area contributed by atoms with E-state index in [1.807, 2.05) is 19.2 Å². The highest BCUT2D eigenvalue weighted by molar-refractivity contribution is 5.94. The van der Waals surface area contributed by atoms with Crippen LogP contribution in [-0.4, -0.2) is 37.4 Å². The number of ketones is 1. The Morgan fingerprint density at radius 1 is 1.15 bits per heavy atom. The Kier molecular flexibility index (Phi) is 5.79. The first kappa shape index (κ1) is 19.0. The molecule has 1 atom stereocenters. The van der Waals surface area contributed by atoms with Crippen molar-refractivity contribution in [2.45, 2.75) is 32.2 Å². The van der Waals surface area contributed by atoms with Crippen LogP contribution >= 0.6 is 0 Å². The van der Waals surface area contributed by atoms with Crippen LogP contribution in [0.2, 0.25) is 0 Å². The minimum absolute atomic E-state index is 0.0494. The van der Waals surface area contributed by atoms with Gasteiger partial charge in [-0.3, -0.25) is 9.59 Å². The molecule has 0 spiro atoms. The maximum atomic E-state index is 12.7. The van der Waals surface area contributed by atoms with Crippen LogP contribution in [0.4, 0.5) is 0 Å². The molecular weight excluding hydrogens is 342 g/mol. The highest BCUT2D eigenvalue weighted by Gasteiger charge is 2.26. The van der Waals surface area contributed by atoms with Gasteiger partial charge in [0.15, 0.2) is 23.9 Å². The van der Waals surface area contributed by atoms with Crippen LogP contribution < -0.4 is 9.47 Å². The van der Waals surface area contributed by atoms with Crippen LogP contribution in [0.15, 0.2) is 42.5 Å². The van der Waals surface area contributed by atoms with Gasteiger partial charge in [0.2, 0.25) is 0 Å². The molecule has 1 amide bonds. The zero-order valence-corrected chi connectivity index (χ0v) is 16.0. The Morgan fingerprint density at radius 2 is 1.93 bits per heavy atom. The number of hydrogen-bond acceptors (Lipinski definition) is 4. The first-order valence-electron chi connectivity index (χ1n) is 9.16. The number of carbonyl (C=O) groups is 2. The fourth-order valence-corrected chi connectivity index (χ4v) is 3.55. The first-order chi connectivity index (χ1) is 13.0. The van der Waals surface area contributed by atoms with Crippen LogP contribution in [0.1, 0.15) is 47.3 Å². The van der Waals surface area contributed by atoms with Crippen molar-refractivity contribution in [3.8, 4) is 11.5 Å². The number of likely N-dealkylation sites (N-methyl/N-ethyl adjacent to an activating group) is 1. The van der Waals surface area contributed by atoms with Crippen molar-refractivity contribution < 1.29 is 19.1 Å². The minimum Gasteiger partial charge on any atom is -0.493 e. The summed E-state index contributed by atoms with van der Waals surface area (Å²) in [6.07, 6.45) is 3.08. The number of carbonyl (C=O) groups excluding carboxylic acids is 2. The van der Waals surface area contributed by atoms with Crippen LogP contribution in [-0.2, 0) is 11.2 Å². The largest absolute Gasteiger partial charge is 0.493 e. The molecule has 27 heavy (non-hydrogen) atoms. The lowest BCUT2D eigenvalue weighted by Gasteiger charge is -2.33. The molecular formula is C22H25NO4. The number of amides is 1. The second-order valence-corrected chi connectivity index (χ2v) is 6.82. The number of hydrogen-bond donors (Lipinski definition) is 0. The van der Waals surface area contributed by atoms with Gasteiger partial charge >= 0.3 is 0 Å². The zero-order valence-electron chi connectivity index (χ0n) is 16.0. The van der Waals surface area contributed by atoms with Gasteiger partial charge in [-0.25, -0.2) is 0 Å². The van der Waals surface area contributed by atoms with Crippen LogP contribution in [0.3, 0.4) is 0 Å². The fourth-order valence-electron chi connectivity index (χ4n) is 3.55. The third-order valence-electron chi connectivity index (χ3n) is 5.12. The second-order valence-electron chi connectivity index (χ2n) is 6.82. The molecule has 1 unspecified atom stereocenters. The standard InChI is InChI=1S/C22H25NO4/c1-15(24)17-11-12-20(21(13-17)26-3)27-14-22(25)23(2)19-10-6-8-16-7-4-5-9-18(16)19/h4-5,7,9,11-13,19H,6,8,10,14H2,1-3H3. The van der Waals surface area contributed by atoms with E-state index in [2.05, 4.69) is 12.1 Å². The van der Waals surface area contributed by atoms with Gasteiger partial charge in [0, 0.05) is 12.6 Å². The molecule has 0 bridgehead atoms. The number of fused-ring (bicyclic) bond motifs is 1. The van der Waals surface area contributed by atoms with Gasteiger partial charge in [-0.1, -0.05) is 24.3 Å². The quantitative estimate of drug-likeness (QED) is 0.729. The van der Waals surface area contributed by atoms with E-state index in [4.69, 9.17) is 9.47 Å². The number of methoxy groups -OCH3 is 1. The Balaban J connectivity index is 1.69. The van der Waals surface area contributed by atoms with Crippen molar-refractivity contribution in [3.63, 3.8) is 0 Å². The van der Waals surface area contributed by atoms with Crippen molar-refractivity contribution in [2.24, 2.45) is 0 Å². The molecule has 0 heterocycles. The van der Waals surface area contributed by atoms with E-state index in [9.17, 15) is 9.59 Å². The zero-order chi connectivity index (χ0) is 19.4. The third-order valence-corrected chi connectivity index (χ3v) is 5.12. The van der Waals surface area contributed by atoms with E-state index in [1.54, 1.807) is 23.1 Å². The summed E-state index contributed by atoms with van der Waals surface area (Å²) in [4.78, 5) is 26.0. The summed E-state index contributed by atoms with van der Waals surface area (Å²) in [5.41, 5.74) is 3.08. The molecule has 0 N–H and O–H groups in total. The number of Topliss-reactive ketones (excluding diaryl/α,β-unsaturated/α-hetero) is 1. The molecule has 0 aliphatic heterocycles. The Bertz CT molecular complexity index is 846. The molecule has 2 aromatic carbocycles. The minimum atomic E-state index is -0.0885. The smallest absolute Gasteiger partial charge is 0.260 e. The molecule has 1 aliphatic rings. The van der Waals surface area contributed by atoms with Gasteiger partial charge in [0.05, 0.1) is 13.2 Å². The molecule has 0 fully saturated rings. The predicted octanol–water partition coefficient (Wildman–Crippen LogP) is 3.81. The van der Waals surface area contributed by atoms with Gasteiger partial charge in [0.1, 0.15) is 0 Å². The average molecular weight is 367 g/mol. The Hall–Kier alpha value is -2.82. The summed E-state index contributed by atoms with van der Waals surface area (Å²) in [6, 6.07) is 13.4. The summed E-state index contributed by atoms with van der Waals surface area (Å²) in [5.74, 6) is 0.760. The maximum absolute atomic E-state index is 12.7. The number of benzene rings is 2. The molecule has 2 aromatic rings. The van der Waals surface area contributed by atoms with Crippen molar-refractivity contribution in [2.75, 3.05) is 20.8 Å². The van der Waals surface area contributed by atoms with Crippen LogP contribution in [0.5, 0.6) is 11.5 Å². The lowest BCUT2D eigenvalue weighted by atomic mass is 9.87. The van der Waals surface area contributed by atoms with Gasteiger partial charge in [-0.2, -0.15) is 0 Å². The second kappa shape index (κ2) is 8.25. The van der Waals surface area contributed by atoms with E-state index in [1.165, 1.54) is 25.2 Å². The van der Waals surface area contributed by atoms with E-state index in [0.717, 1.165) is 19.3 Å². The fraction of sp³-hybridized carbons (Fsp3) is 0.364. The summed E-state index contributed by atoms with van der Waals surface area (Å²) < 4.78 is 11.0. The molecule has 0 radical (unpaired) electrons. The van der Waals surface area contributed by atoms with Crippen molar-refractivity contribution in [3.05, 3.63) is 59.2 Å². The summed E-state index contributed by atoms with van der Waals surface area (Å²) in [5, 5.41) is 0. The maximum Gasteiger partial charge on any atom is 0.260 e. The highest BCUT2D eigenvalue weighted by Crippen LogP contribution is 2.34. The predicted molar refractivity (Wildman–Crippen MR) is 103 cm³/mol. The summed E-state index contributed by atoms with van der Waals surface area (Å²) in [6.45, 7) is 1.42. The molecule has 3 rings (SSSR count). The van der Waals surface area contributed by atoms with Gasteiger partial charge in [-0.05, 0) is 55.5 Å². The van der Waals surface area contributed by atoms with E-state index in [-0.39, 0.29) is 24.3 Å². The van der Waals surface area contributed by atoms with Gasteiger partial charge < -0.3 is 14.4 Å². The highest BCUT2D eigenvalue weighted by atomic mass is 16.5. The molecule has 0 saturated heterocycles. The number of ether oxygens (including phenoxy) is 2. The first-order valence-corrected chi connectivity index (χ1v) is 9.16. The van der Waals surface area contributed by atoms with E-state index in [0.29, 0.717) is 17.1 Å². The third kappa shape index (κ3) is 4.13. The van der Waals surface area contributed by atoms with Crippen molar-refractivity contribution >= 4 is 11.7 Å². The monoisotopic (exact) mass is 367 g/mol. The topological polar surface area (TPSA) is 55.8 Å². The molecule has 0 saturated carbocycles. The van der Waals surface area contributed by atoms with E-state index >= 15 is 0 Å². The SMILES string of the molecule is COc1cc(C(C)=O)ccc1OCC(=O)N(C)C1CCCc2ccccc21. The van der Waals surface area contributed by atoms with Gasteiger partial charge in [-0.15, -0.1) is 0 Å². The van der Waals surface area contributed by atoms with Crippen molar-refractivity contribution in [1.29, 1.82) is 0 Å². The van der Waals surface area contributed by atoms with E-state index < -0.39 is 0 Å². The number of nitrogens with zero attached hydrogens (tertiary/aromatic N) is 1. The Morgan fingerprint density at radius 3 is 2.67 bits per heavy atom. The lowest BCUT2D eigenvalue weighted by molar-refractivity contribution is -0.134. The van der Waals surface area contributed by atoms with Gasteiger partial charge in [0.25, 0.3) is 5.91 Å². The molecule has 5 heteroatoms. The molecule has 142 valence electrons. The summed E-state index contributed by atoms with van der Waals surface area (Å²) in [7, 11) is 3.34. The number of rotatable bonds is 6. The average Bonchev–Trinajstić information content (AvgIpc) is 2.70. The molecule has 0 aromatic heterocycles. The van der Waals surface area contributed by atoms with Crippen molar-refractivity contribution in [1.82, 2.24) is 4.90 Å². The van der Waals surface area contributed by atoms with Crippen LogP contribution in [0, 0.1) is 0 Å². The summed E-state index contributed by atoms with van der Waals surface area (Å²) >= 11 is 0.